The van der Waals surface area contributed by atoms with E-state index in [0.717, 1.165) is 45.5 Å². The third-order valence-electron chi connectivity index (χ3n) is 7.33. The first-order chi connectivity index (χ1) is 19.3. The molecule has 0 amide bonds. The van der Waals surface area contributed by atoms with Crippen LogP contribution in [0.15, 0.2) is 66.3 Å². The minimum Gasteiger partial charge on any atom is -0.333 e. The fraction of sp³-hybridized carbons (Fsp3) is 0.353. The number of hydrogen-bond acceptors (Lipinski definition) is 4. The van der Waals surface area contributed by atoms with E-state index in [9.17, 15) is 0 Å². The topological polar surface area (TPSA) is 63.3 Å². The maximum Gasteiger partial charge on any atom is -0.0195 e. The molecule has 3 N–H and O–H groups in total. The Morgan fingerprint density at radius 3 is 2.55 bits per heavy atom. The first-order valence-corrected chi connectivity index (χ1v) is 20.9. The van der Waals surface area contributed by atoms with Crippen LogP contribution in [0.2, 0.25) is 6.85 Å². The van der Waals surface area contributed by atoms with E-state index in [2.05, 4.69) is 63.5 Å². The molecule has 0 saturated carbocycles. The summed E-state index contributed by atoms with van der Waals surface area (Å²) in [5, 5.41) is 4.53. The molecule has 0 spiro atoms. The van der Waals surface area contributed by atoms with Gasteiger partial charge < -0.3 is 5.73 Å². The van der Waals surface area contributed by atoms with Gasteiger partial charge in [0.1, 0.15) is 0 Å². The summed E-state index contributed by atoms with van der Waals surface area (Å²) < 4.78 is 17.3. The van der Waals surface area contributed by atoms with Gasteiger partial charge in [-0.1, -0.05) is 50.8 Å². The van der Waals surface area contributed by atoms with E-state index in [1.807, 2.05) is 57.3 Å². The van der Waals surface area contributed by atoms with E-state index >= 15 is 4.39 Å². The number of anilines is 1. The SMILES string of the molecule is C=Cc1cccc(CNc2c(C)c(C)nc3cc(F)c(C(/C=C\CC)=C/N=C(C)[C]4(C)[CH2][Hg]4)cc23)c1.CC.CN. The minimum atomic E-state index is -0.766. The maximum atomic E-state index is 15.5. The molecule has 2 heterocycles. The van der Waals surface area contributed by atoms with Crippen molar-refractivity contribution < 1.29 is 29.0 Å². The fourth-order valence-corrected chi connectivity index (χ4v) is 8.92. The average molecular weight is 729 g/mol. The Hall–Kier alpha value is -2.63. The number of hydrogen-bond donors (Lipinski definition) is 2. The zero-order chi connectivity index (χ0) is 29.9. The smallest absolute Gasteiger partial charge is 0.0195 e. The summed E-state index contributed by atoms with van der Waals surface area (Å²) in [6.45, 7) is 19.1. The number of halogens is 1. The third-order valence-corrected chi connectivity index (χ3v) is 17.1. The monoisotopic (exact) mass is 730 g/mol. The number of rotatable bonds is 9. The van der Waals surface area contributed by atoms with Gasteiger partial charge in [0, 0.05) is 0 Å². The molecule has 1 unspecified atom stereocenters. The van der Waals surface area contributed by atoms with Gasteiger partial charge in [0.15, 0.2) is 0 Å². The summed E-state index contributed by atoms with van der Waals surface area (Å²) in [5.41, 5.74) is 12.9. The molecule has 3 aromatic rings. The first-order valence-electron chi connectivity index (χ1n) is 14.3. The van der Waals surface area contributed by atoms with Gasteiger partial charge in [0.25, 0.3) is 0 Å². The number of aliphatic imine (C=N–C) groups is 1. The Labute approximate surface area is 253 Å². The van der Waals surface area contributed by atoms with Crippen molar-refractivity contribution in [1.29, 1.82) is 0 Å². The third kappa shape index (κ3) is 8.44. The average Bonchev–Trinajstić information content (AvgIpc) is 3.74. The molecule has 4 nitrogen and oxygen atoms in total. The summed E-state index contributed by atoms with van der Waals surface area (Å²) in [6, 6.07) is 11.8. The molecular weight excluding hydrogens is 684 g/mol. The molecular formula is C34H45FHgN4. The van der Waals surface area contributed by atoms with E-state index < -0.39 is 24.6 Å². The zero-order valence-corrected chi connectivity index (χ0v) is 31.2. The molecule has 1 fully saturated rings. The van der Waals surface area contributed by atoms with E-state index in [1.165, 1.54) is 16.7 Å². The number of aryl methyl sites for hydroxylation is 1. The molecule has 1 aliphatic rings. The van der Waals surface area contributed by atoms with Crippen molar-refractivity contribution >= 4 is 34.0 Å². The quantitative estimate of drug-likeness (QED) is 0.131. The van der Waals surface area contributed by atoms with E-state index in [1.54, 1.807) is 6.07 Å². The largest absolute Gasteiger partial charge is 0.333 e. The Kier molecular flexibility index (Phi) is 13.4. The van der Waals surface area contributed by atoms with Gasteiger partial charge in [-0.15, -0.1) is 0 Å². The first kappa shape index (κ1) is 33.6. The van der Waals surface area contributed by atoms with Crippen LogP contribution < -0.4 is 11.1 Å². The Morgan fingerprint density at radius 1 is 1.23 bits per heavy atom. The number of nitrogens with two attached hydrogens (primary N) is 1. The second-order valence-corrected chi connectivity index (χ2v) is 20.0. The number of nitrogens with one attached hydrogen (secondary N) is 1. The van der Waals surface area contributed by atoms with E-state index in [0.29, 0.717) is 20.5 Å². The molecule has 1 aliphatic heterocycles. The number of benzene rings is 2. The summed E-state index contributed by atoms with van der Waals surface area (Å²) in [5.74, 6) is -0.277. The molecule has 40 heavy (non-hydrogen) atoms. The van der Waals surface area contributed by atoms with Crippen molar-refractivity contribution in [3.63, 3.8) is 0 Å². The number of fused-ring (bicyclic) bond motifs is 1. The number of aromatic nitrogens is 1. The van der Waals surface area contributed by atoms with Crippen molar-refractivity contribution in [2.45, 2.75) is 68.3 Å². The normalized spacial score (nSPS) is 16.2. The van der Waals surface area contributed by atoms with Crippen LogP contribution in [-0.4, -0.2) is 17.7 Å². The van der Waals surface area contributed by atoms with Gasteiger partial charge >= 0.3 is 185 Å². The van der Waals surface area contributed by atoms with Crippen molar-refractivity contribution in [3.8, 4) is 0 Å². The zero-order valence-electron chi connectivity index (χ0n) is 25.7. The number of allylic oxidation sites excluding steroid dienone is 3. The molecule has 0 radical (unpaired) electrons. The minimum absolute atomic E-state index is 0.277. The maximum absolute atomic E-state index is 15.5. The van der Waals surface area contributed by atoms with Crippen molar-refractivity contribution in [2.75, 3.05) is 12.4 Å². The number of nitrogens with zero attached hydrogens (tertiary/aromatic N) is 2. The molecule has 210 valence electrons. The predicted molar refractivity (Wildman–Crippen MR) is 170 cm³/mol. The molecule has 1 aromatic heterocycles. The summed E-state index contributed by atoms with van der Waals surface area (Å²) in [7, 11) is 1.50. The predicted octanol–water partition coefficient (Wildman–Crippen LogP) is 9.31. The van der Waals surface area contributed by atoms with Gasteiger partial charge in [-0.05, 0) is 12.6 Å². The van der Waals surface area contributed by atoms with Crippen LogP contribution in [0.1, 0.15) is 69.0 Å². The van der Waals surface area contributed by atoms with Crippen LogP contribution in [0, 0.1) is 19.7 Å². The molecule has 0 aliphatic carbocycles. The Balaban J connectivity index is 0.00000134. The van der Waals surface area contributed by atoms with Crippen molar-refractivity contribution in [2.24, 2.45) is 10.7 Å². The van der Waals surface area contributed by atoms with Crippen LogP contribution >= 0.6 is 0 Å². The molecule has 6 heteroatoms. The van der Waals surface area contributed by atoms with E-state index in [4.69, 9.17) is 9.98 Å². The van der Waals surface area contributed by atoms with E-state index in [-0.39, 0.29) is 5.82 Å². The summed E-state index contributed by atoms with van der Waals surface area (Å²) >= 11 is -0.766. The van der Waals surface area contributed by atoms with Crippen LogP contribution in [-0.2, 0) is 31.1 Å². The molecule has 1 saturated heterocycles. The molecule has 1 atom stereocenters. The number of pyridine rings is 1. The van der Waals surface area contributed by atoms with Crippen LogP contribution in [0.5, 0.6) is 0 Å². The van der Waals surface area contributed by atoms with Crippen molar-refractivity contribution in [3.05, 3.63) is 95.1 Å². The second kappa shape index (κ2) is 16.0. The second-order valence-electron chi connectivity index (χ2n) is 10.0. The van der Waals surface area contributed by atoms with Gasteiger partial charge in [-0.25, -0.2) is 0 Å². The molecule has 2 aromatic carbocycles. The Bertz CT molecular complexity index is 1400. The summed E-state index contributed by atoms with van der Waals surface area (Å²) in [4.78, 5) is 9.51. The Morgan fingerprint density at radius 2 is 1.93 bits per heavy atom. The van der Waals surface area contributed by atoms with Crippen molar-refractivity contribution in [1.82, 2.24) is 4.98 Å². The standard InChI is InChI=1S/C31H34FN3.C2H6.CH5N.Hg/c1-8-10-14-26(19-33-22(6)20(3)4)27-16-28-30(17-29(27)32)35-23(7)21(5)31(28)34-18-25-13-11-12-24(9-2)15-25;2*1-2;/h9-17,19H,2-3,8,18H2,1,4-7H3,(H,34,35);1-2H3;2H2,1H3;/b14-10-,26-19+,33-22?;;;. The van der Waals surface area contributed by atoms with Gasteiger partial charge in [0.05, 0.1) is 0 Å². The summed E-state index contributed by atoms with van der Waals surface area (Å²) in [6.07, 6.45) is 8.63. The van der Waals surface area contributed by atoms with Crippen LogP contribution in [0.4, 0.5) is 10.1 Å². The fourth-order valence-electron chi connectivity index (χ4n) is 4.29. The van der Waals surface area contributed by atoms with Crippen LogP contribution in [0.3, 0.4) is 0 Å². The molecule has 4 rings (SSSR count). The van der Waals surface area contributed by atoms with Crippen LogP contribution in [0.25, 0.3) is 22.6 Å². The van der Waals surface area contributed by atoms with Gasteiger partial charge in [-0.2, -0.15) is 0 Å². The van der Waals surface area contributed by atoms with Gasteiger partial charge in [0.2, 0.25) is 0 Å². The van der Waals surface area contributed by atoms with Gasteiger partial charge in [-0.3, -0.25) is 0 Å². The molecule has 0 bridgehead atoms.